The molecule has 0 unspecified atom stereocenters. The van der Waals surface area contributed by atoms with Gasteiger partial charge in [0.25, 0.3) is 10.0 Å². The lowest BCUT2D eigenvalue weighted by Gasteiger charge is -2.28. The van der Waals surface area contributed by atoms with Crippen LogP contribution in [-0.2, 0) is 14.8 Å². The number of hydrogen-bond donors (Lipinski definition) is 0. The first kappa shape index (κ1) is 16.8. The second kappa shape index (κ2) is 6.26. The van der Waals surface area contributed by atoms with Crippen LogP contribution >= 0.6 is 11.6 Å². The normalized spacial score (nSPS) is 18.1. The number of esters is 1. The van der Waals surface area contributed by atoms with Crippen molar-refractivity contribution < 1.29 is 17.9 Å². The highest BCUT2D eigenvalue weighted by molar-refractivity contribution is 7.90. The number of carbonyl (C=O) groups excluding carboxylic acids is 1. The summed E-state index contributed by atoms with van der Waals surface area (Å²) in [7, 11) is -3.59. The molecule has 0 fully saturated rings. The number of sulfonamides is 1. The Morgan fingerprint density at radius 3 is 2.73 bits per heavy atom. The molecule has 0 saturated heterocycles. The third-order valence-electron chi connectivity index (χ3n) is 4.11. The van der Waals surface area contributed by atoms with E-state index in [4.69, 9.17) is 16.3 Å². The van der Waals surface area contributed by atoms with E-state index in [1.807, 2.05) is 18.2 Å². The third-order valence-corrected chi connectivity index (χ3v) is 5.59. The van der Waals surface area contributed by atoms with Crippen molar-refractivity contribution in [2.24, 2.45) is 4.40 Å². The zero-order valence-corrected chi connectivity index (χ0v) is 15.0. The zero-order valence-electron chi connectivity index (χ0n) is 13.4. The van der Waals surface area contributed by atoms with Crippen LogP contribution in [0.4, 0.5) is 0 Å². The van der Waals surface area contributed by atoms with Crippen LogP contribution in [0.3, 0.4) is 0 Å². The quantitative estimate of drug-likeness (QED) is 0.584. The predicted molar refractivity (Wildman–Crippen MR) is 99.7 cm³/mol. The molecule has 0 amide bonds. The molecule has 8 heteroatoms. The lowest BCUT2D eigenvalue weighted by atomic mass is 10.1. The highest BCUT2D eigenvalue weighted by Gasteiger charge is 2.31. The van der Waals surface area contributed by atoms with Crippen LogP contribution in [0.25, 0.3) is 10.8 Å². The third kappa shape index (κ3) is 3.00. The van der Waals surface area contributed by atoms with Gasteiger partial charge in [0, 0.05) is 28.5 Å². The summed E-state index contributed by atoms with van der Waals surface area (Å²) in [5, 5.41) is 2.00. The fourth-order valence-corrected chi connectivity index (χ4v) is 4.07. The van der Waals surface area contributed by atoms with Gasteiger partial charge in [-0.3, -0.25) is 0 Å². The second-order valence-corrected chi connectivity index (χ2v) is 7.96. The first-order valence-corrected chi connectivity index (χ1v) is 9.81. The maximum absolute atomic E-state index is 12.7. The molecule has 0 atom stereocenters. The summed E-state index contributed by atoms with van der Waals surface area (Å²) in [6.07, 6.45) is 4.84. The number of halogens is 1. The molecule has 0 spiro atoms. The molecule has 132 valence electrons. The van der Waals surface area contributed by atoms with Crippen molar-refractivity contribution in [3.8, 4) is 5.75 Å². The molecule has 0 aromatic heterocycles. The van der Waals surface area contributed by atoms with Gasteiger partial charge in [0.1, 0.15) is 11.3 Å². The number of allylic oxidation sites excluding steroid dienone is 2. The summed E-state index contributed by atoms with van der Waals surface area (Å²) in [4.78, 5) is 14.3. The molecule has 0 radical (unpaired) electrons. The minimum atomic E-state index is -3.59. The van der Waals surface area contributed by atoms with E-state index in [2.05, 4.69) is 4.40 Å². The molecular weight excluding hydrogens is 376 g/mol. The number of fused-ring (bicyclic) bond motifs is 2. The van der Waals surface area contributed by atoms with E-state index < -0.39 is 16.0 Å². The van der Waals surface area contributed by atoms with Gasteiger partial charge >= 0.3 is 5.97 Å². The van der Waals surface area contributed by atoms with Crippen molar-refractivity contribution in [3.05, 3.63) is 65.3 Å². The number of carbonyl (C=O) groups is 1. The molecule has 0 aliphatic carbocycles. The van der Waals surface area contributed by atoms with E-state index in [1.165, 1.54) is 6.08 Å². The number of benzene rings is 2. The minimum absolute atomic E-state index is 0.0852. The molecule has 2 heterocycles. The van der Waals surface area contributed by atoms with Crippen LogP contribution in [0.1, 0.15) is 0 Å². The lowest BCUT2D eigenvalue weighted by Crippen LogP contribution is -2.40. The van der Waals surface area contributed by atoms with Crippen molar-refractivity contribution >= 4 is 44.2 Å². The van der Waals surface area contributed by atoms with Crippen molar-refractivity contribution in [1.82, 2.24) is 4.90 Å². The van der Waals surface area contributed by atoms with Gasteiger partial charge in [-0.1, -0.05) is 35.9 Å². The van der Waals surface area contributed by atoms with Gasteiger partial charge in [0.15, 0.2) is 5.84 Å². The fourth-order valence-electron chi connectivity index (χ4n) is 2.85. The van der Waals surface area contributed by atoms with E-state index in [-0.39, 0.29) is 23.7 Å². The standard InChI is InChI=1S/C18H13ClN2O4S/c19-15-7-8-16(13-5-2-1-4-12(13)15)25-18(22)14-6-3-9-21-10-11-26(23,24)20-17(14)21/h1-9H,10-11H2. The molecule has 2 aromatic carbocycles. The molecule has 2 aliphatic rings. The molecule has 2 aromatic rings. The molecule has 0 bridgehead atoms. The van der Waals surface area contributed by atoms with Gasteiger partial charge in [-0.05, 0) is 24.3 Å². The van der Waals surface area contributed by atoms with Crippen LogP contribution in [-0.4, -0.2) is 37.4 Å². The maximum Gasteiger partial charge on any atom is 0.347 e. The van der Waals surface area contributed by atoms with Crippen LogP contribution in [0.2, 0.25) is 5.02 Å². The predicted octanol–water partition coefficient (Wildman–Crippen LogP) is 2.90. The fraction of sp³-hybridized carbons (Fsp3) is 0.111. The first-order chi connectivity index (χ1) is 12.4. The molecule has 4 rings (SSSR count). The summed E-state index contributed by atoms with van der Waals surface area (Å²) in [6.45, 7) is 0.242. The summed E-state index contributed by atoms with van der Waals surface area (Å²) >= 11 is 6.18. The van der Waals surface area contributed by atoms with Crippen molar-refractivity contribution in [1.29, 1.82) is 0 Å². The van der Waals surface area contributed by atoms with Gasteiger partial charge in [-0.2, -0.15) is 0 Å². The zero-order chi connectivity index (χ0) is 18.3. The Morgan fingerprint density at radius 2 is 1.92 bits per heavy atom. The highest BCUT2D eigenvalue weighted by Crippen LogP contribution is 2.32. The smallest absolute Gasteiger partial charge is 0.347 e. The van der Waals surface area contributed by atoms with Gasteiger partial charge in [-0.25, -0.2) is 13.2 Å². The number of nitrogens with zero attached hydrogens (tertiary/aromatic N) is 2. The van der Waals surface area contributed by atoms with Gasteiger partial charge in [0.05, 0.1) is 5.75 Å². The number of ether oxygens (including phenoxy) is 1. The summed E-state index contributed by atoms with van der Waals surface area (Å²) in [5.41, 5.74) is 0.0924. The summed E-state index contributed by atoms with van der Waals surface area (Å²) < 4.78 is 32.9. The second-order valence-electron chi connectivity index (χ2n) is 5.80. The molecule has 0 N–H and O–H groups in total. The largest absolute Gasteiger partial charge is 0.422 e. The van der Waals surface area contributed by atoms with Gasteiger partial charge in [0.2, 0.25) is 0 Å². The highest BCUT2D eigenvalue weighted by atomic mass is 35.5. The Morgan fingerprint density at radius 1 is 1.15 bits per heavy atom. The monoisotopic (exact) mass is 388 g/mol. The first-order valence-electron chi connectivity index (χ1n) is 7.82. The Hall–Kier alpha value is -2.64. The van der Waals surface area contributed by atoms with Gasteiger partial charge in [-0.15, -0.1) is 4.40 Å². The van der Waals surface area contributed by atoms with E-state index >= 15 is 0 Å². The van der Waals surface area contributed by atoms with Gasteiger partial charge < -0.3 is 9.64 Å². The molecule has 6 nitrogen and oxygen atoms in total. The molecular formula is C18H13ClN2O4S. The van der Waals surface area contributed by atoms with Crippen LogP contribution in [0.5, 0.6) is 5.75 Å². The average Bonchev–Trinajstić information content (AvgIpc) is 2.63. The van der Waals surface area contributed by atoms with Crippen LogP contribution < -0.4 is 4.74 Å². The lowest BCUT2D eigenvalue weighted by molar-refractivity contribution is -0.129. The number of rotatable bonds is 2. The van der Waals surface area contributed by atoms with E-state index in [1.54, 1.807) is 35.4 Å². The molecule has 26 heavy (non-hydrogen) atoms. The minimum Gasteiger partial charge on any atom is -0.422 e. The average molecular weight is 389 g/mol. The summed E-state index contributed by atoms with van der Waals surface area (Å²) in [6, 6.07) is 10.5. The Kier molecular flexibility index (Phi) is 4.05. The van der Waals surface area contributed by atoms with Crippen molar-refractivity contribution in [2.75, 3.05) is 12.3 Å². The molecule has 2 aliphatic heterocycles. The van der Waals surface area contributed by atoms with E-state index in [0.29, 0.717) is 16.2 Å². The Bertz CT molecular complexity index is 1120. The summed E-state index contributed by atoms with van der Waals surface area (Å²) in [5.74, 6) is -0.341. The maximum atomic E-state index is 12.7. The van der Waals surface area contributed by atoms with Crippen LogP contribution in [0, 0.1) is 0 Å². The Balaban J connectivity index is 1.71. The topological polar surface area (TPSA) is 76.0 Å². The Labute approximate surface area is 155 Å². The van der Waals surface area contributed by atoms with E-state index in [9.17, 15) is 13.2 Å². The number of hydrogen-bond acceptors (Lipinski definition) is 5. The van der Waals surface area contributed by atoms with Crippen molar-refractivity contribution in [2.45, 2.75) is 0 Å². The van der Waals surface area contributed by atoms with Crippen LogP contribution in [0.15, 0.2) is 64.7 Å². The van der Waals surface area contributed by atoms with E-state index in [0.717, 1.165) is 5.39 Å². The van der Waals surface area contributed by atoms with Crippen molar-refractivity contribution in [3.63, 3.8) is 0 Å². The molecule has 0 saturated carbocycles. The SMILES string of the molecule is O=C(Oc1ccc(Cl)c2ccccc12)C1=CC=CN2CCS(=O)(=O)N=C12. The number of amidine groups is 1.